The van der Waals surface area contributed by atoms with Crippen molar-refractivity contribution in [2.75, 3.05) is 6.61 Å². The van der Waals surface area contributed by atoms with E-state index in [1.54, 1.807) is 6.92 Å². The smallest absolute Gasteiger partial charge is 0.330 e. The second-order valence-electron chi connectivity index (χ2n) is 2.90. The minimum absolute atomic E-state index is 0.235. The summed E-state index contributed by atoms with van der Waals surface area (Å²) in [5, 5.41) is 0. The zero-order valence-electron chi connectivity index (χ0n) is 8.17. The van der Waals surface area contributed by atoms with E-state index in [-0.39, 0.29) is 5.97 Å². The molecule has 2 nitrogen and oxygen atoms in total. The molecule has 0 heterocycles. The van der Waals surface area contributed by atoms with Gasteiger partial charge in [0, 0.05) is 6.08 Å². The molecule has 1 atom stereocenters. The number of allylic oxidation sites excluding steroid dienone is 1. The van der Waals surface area contributed by atoms with Crippen molar-refractivity contribution < 1.29 is 9.53 Å². The van der Waals surface area contributed by atoms with Gasteiger partial charge in [-0.2, -0.15) is 0 Å². The minimum Gasteiger partial charge on any atom is -0.463 e. The number of carbonyl (C=O) groups is 1. The van der Waals surface area contributed by atoms with Gasteiger partial charge in [-0.05, 0) is 19.3 Å². The summed E-state index contributed by atoms with van der Waals surface area (Å²) in [4.78, 5) is 10.8. The van der Waals surface area contributed by atoms with Crippen molar-refractivity contribution in [2.45, 2.75) is 33.6 Å². The summed E-state index contributed by atoms with van der Waals surface area (Å²) in [6.45, 7) is 6.56. The zero-order chi connectivity index (χ0) is 9.40. The second-order valence-corrected chi connectivity index (χ2v) is 2.90. The van der Waals surface area contributed by atoms with Crippen molar-refractivity contribution in [2.24, 2.45) is 5.92 Å². The van der Waals surface area contributed by atoms with Gasteiger partial charge in [0.1, 0.15) is 0 Å². The van der Waals surface area contributed by atoms with Crippen molar-refractivity contribution in [1.82, 2.24) is 0 Å². The van der Waals surface area contributed by atoms with Crippen LogP contribution in [0.3, 0.4) is 0 Å². The Balaban J connectivity index is 3.54. The Morgan fingerprint density at radius 2 is 2.17 bits per heavy atom. The van der Waals surface area contributed by atoms with Gasteiger partial charge in [0.05, 0.1) is 6.61 Å². The average molecular weight is 170 g/mol. The van der Waals surface area contributed by atoms with Gasteiger partial charge in [0.15, 0.2) is 0 Å². The predicted molar refractivity (Wildman–Crippen MR) is 49.8 cm³/mol. The van der Waals surface area contributed by atoms with Crippen molar-refractivity contribution in [1.29, 1.82) is 0 Å². The van der Waals surface area contributed by atoms with Gasteiger partial charge in [0.2, 0.25) is 0 Å². The molecule has 0 fully saturated rings. The Morgan fingerprint density at radius 3 is 2.67 bits per heavy atom. The van der Waals surface area contributed by atoms with E-state index >= 15 is 0 Å². The third-order valence-electron chi connectivity index (χ3n) is 1.78. The summed E-state index contributed by atoms with van der Waals surface area (Å²) >= 11 is 0. The van der Waals surface area contributed by atoms with E-state index in [1.807, 2.05) is 6.08 Å². The first kappa shape index (κ1) is 11.2. The maximum atomic E-state index is 10.8. The molecule has 0 aliphatic rings. The Morgan fingerprint density at radius 1 is 1.50 bits per heavy atom. The van der Waals surface area contributed by atoms with Crippen LogP contribution >= 0.6 is 0 Å². The van der Waals surface area contributed by atoms with Crippen LogP contribution in [-0.4, -0.2) is 12.6 Å². The molecule has 2 heteroatoms. The molecule has 0 bridgehead atoms. The Kier molecular flexibility index (Phi) is 6.44. The average Bonchev–Trinajstić information content (AvgIpc) is 2.04. The summed E-state index contributed by atoms with van der Waals surface area (Å²) < 4.78 is 4.73. The summed E-state index contributed by atoms with van der Waals surface area (Å²) in [5.74, 6) is 0.413. The molecule has 12 heavy (non-hydrogen) atoms. The standard InChI is InChI=1S/C10H18O2/c1-4-9(3)7-6-8-10(11)12-5-2/h6,8-9H,4-5,7H2,1-3H3/b8-6+/t9-/m0/s1. The second kappa shape index (κ2) is 6.89. The van der Waals surface area contributed by atoms with Crippen LogP contribution < -0.4 is 0 Å². The molecule has 0 aromatic heterocycles. The van der Waals surface area contributed by atoms with Gasteiger partial charge in [-0.1, -0.05) is 26.3 Å². The van der Waals surface area contributed by atoms with Gasteiger partial charge in [0.25, 0.3) is 0 Å². The van der Waals surface area contributed by atoms with Crippen LogP contribution in [0.4, 0.5) is 0 Å². The maximum Gasteiger partial charge on any atom is 0.330 e. The quantitative estimate of drug-likeness (QED) is 0.468. The highest BCUT2D eigenvalue weighted by Gasteiger charge is 1.96. The molecule has 0 aromatic carbocycles. The summed E-state index contributed by atoms with van der Waals surface area (Å²) in [5.41, 5.74) is 0. The molecule has 0 saturated carbocycles. The molecule has 0 radical (unpaired) electrons. The Labute approximate surface area is 74.6 Å². The molecule has 0 amide bonds. The van der Waals surface area contributed by atoms with Crippen molar-refractivity contribution in [3.05, 3.63) is 12.2 Å². The third kappa shape index (κ3) is 5.96. The van der Waals surface area contributed by atoms with E-state index in [4.69, 9.17) is 4.74 Å². The molecule has 0 spiro atoms. The van der Waals surface area contributed by atoms with E-state index in [0.29, 0.717) is 12.5 Å². The van der Waals surface area contributed by atoms with E-state index < -0.39 is 0 Å². The highest BCUT2D eigenvalue weighted by molar-refractivity contribution is 5.81. The fraction of sp³-hybridized carbons (Fsp3) is 0.700. The van der Waals surface area contributed by atoms with Crippen LogP contribution in [-0.2, 0) is 9.53 Å². The maximum absolute atomic E-state index is 10.8. The van der Waals surface area contributed by atoms with Gasteiger partial charge in [-0.25, -0.2) is 4.79 Å². The largest absolute Gasteiger partial charge is 0.463 e. The van der Waals surface area contributed by atoms with Crippen LogP contribution in [0.1, 0.15) is 33.6 Å². The van der Waals surface area contributed by atoms with Crippen LogP contribution in [0.15, 0.2) is 12.2 Å². The van der Waals surface area contributed by atoms with E-state index in [0.717, 1.165) is 12.8 Å². The molecule has 0 saturated heterocycles. The first-order chi connectivity index (χ1) is 5.70. The van der Waals surface area contributed by atoms with Crippen molar-refractivity contribution in [3.63, 3.8) is 0 Å². The van der Waals surface area contributed by atoms with Crippen LogP contribution in [0.25, 0.3) is 0 Å². The van der Waals surface area contributed by atoms with Gasteiger partial charge in [-0.15, -0.1) is 0 Å². The van der Waals surface area contributed by atoms with Gasteiger partial charge >= 0.3 is 5.97 Å². The lowest BCUT2D eigenvalue weighted by atomic mass is 10.1. The molecule has 0 unspecified atom stereocenters. The van der Waals surface area contributed by atoms with Gasteiger partial charge < -0.3 is 4.74 Å². The fourth-order valence-electron chi connectivity index (χ4n) is 0.754. The Bertz CT molecular complexity index is 150. The predicted octanol–water partition coefficient (Wildman–Crippen LogP) is 2.54. The molecule has 70 valence electrons. The minimum atomic E-state index is -0.235. The number of ether oxygens (including phenoxy) is 1. The molecule has 0 aliphatic heterocycles. The Hall–Kier alpha value is -0.790. The number of hydrogen-bond donors (Lipinski definition) is 0. The molecule has 0 aliphatic carbocycles. The van der Waals surface area contributed by atoms with Gasteiger partial charge in [-0.3, -0.25) is 0 Å². The van der Waals surface area contributed by atoms with Crippen molar-refractivity contribution >= 4 is 5.97 Å². The molecular weight excluding hydrogens is 152 g/mol. The third-order valence-corrected chi connectivity index (χ3v) is 1.78. The fourth-order valence-corrected chi connectivity index (χ4v) is 0.754. The molecule has 0 rings (SSSR count). The zero-order valence-corrected chi connectivity index (χ0v) is 8.17. The molecule has 0 N–H and O–H groups in total. The normalized spacial score (nSPS) is 13.2. The molecular formula is C10H18O2. The molecule has 0 aromatic rings. The van der Waals surface area contributed by atoms with Crippen LogP contribution in [0, 0.1) is 5.92 Å². The lowest BCUT2D eigenvalue weighted by molar-refractivity contribution is -0.137. The number of rotatable bonds is 5. The van der Waals surface area contributed by atoms with Crippen LogP contribution in [0.5, 0.6) is 0 Å². The SMILES string of the molecule is CCOC(=O)/C=C/C[C@@H](C)CC. The van der Waals surface area contributed by atoms with Crippen molar-refractivity contribution in [3.8, 4) is 0 Å². The lowest BCUT2D eigenvalue weighted by Crippen LogP contribution is -1.99. The summed E-state index contributed by atoms with van der Waals surface area (Å²) in [6.07, 6.45) is 5.49. The monoisotopic (exact) mass is 170 g/mol. The highest BCUT2D eigenvalue weighted by Crippen LogP contribution is 2.06. The first-order valence-corrected chi connectivity index (χ1v) is 4.54. The number of esters is 1. The number of hydrogen-bond acceptors (Lipinski definition) is 2. The van der Waals surface area contributed by atoms with Crippen LogP contribution in [0.2, 0.25) is 0 Å². The topological polar surface area (TPSA) is 26.3 Å². The lowest BCUT2D eigenvalue weighted by Gasteiger charge is -2.01. The highest BCUT2D eigenvalue weighted by atomic mass is 16.5. The number of carbonyl (C=O) groups excluding carboxylic acids is 1. The van der Waals surface area contributed by atoms with E-state index in [2.05, 4.69) is 13.8 Å². The summed E-state index contributed by atoms with van der Waals surface area (Å²) in [6, 6.07) is 0. The van der Waals surface area contributed by atoms with E-state index in [9.17, 15) is 4.79 Å². The van der Waals surface area contributed by atoms with E-state index in [1.165, 1.54) is 6.08 Å². The summed E-state index contributed by atoms with van der Waals surface area (Å²) in [7, 11) is 0. The first-order valence-electron chi connectivity index (χ1n) is 4.54.